The van der Waals surface area contributed by atoms with Crippen molar-refractivity contribution >= 4 is 40.5 Å². The molecule has 2 aromatic carbocycles. The van der Waals surface area contributed by atoms with E-state index in [2.05, 4.69) is 5.32 Å². The van der Waals surface area contributed by atoms with Gasteiger partial charge in [0.1, 0.15) is 17.6 Å². The van der Waals surface area contributed by atoms with Gasteiger partial charge < -0.3 is 15.0 Å². The van der Waals surface area contributed by atoms with Crippen LogP contribution in [0.3, 0.4) is 0 Å². The highest BCUT2D eigenvalue weighted by Crippen LogP contribution is 2.37. The van der Waals surface area contributed by atoms with Gasteiger partial charge >= 0.3 is 0 Å². The summed E-state index contributed by atoms with van der Waals surface area (Å²) in [5.41, 5.74) is 1.14. The van der Waals surface area contributed by atoms with E-state index in [0.717, 1.165) is 18.6 Å². The van der Waals surface area contributed by atoms with Crippen LogP contribution in [0, 0.1) is 5.82 Å². The number of hydrogen-bond acceptors (Lipinski definition) is 4. The van der Waals surface area contributed by atoms with Crippen LogP contribution < -0.4 is 15.0 Å². The van der Waals surface area contributed by atoms with Gasteiger partial charge in [-0.05, 0) is 80.5 Å². The first kappa shape index (κ1) is 20.3. The molecule has 1 atom stereocenters. The molecule has 0 aromatic heterocycles. The van der Waals surface area contributed by atoms with E-state index in [9.17, 15) is 14.0 Å². The van der Waals surface area contributed by atoms with Crippen LogP contribution >= 0.6 is 12.2 Å². The SMILES string of the molecule is CCOc1ccc(NC(=O)CC2C(=O)N(c3ccc(F)cc3)C(=S)N2C2CC2)cc1. The average molecular weight is 428 g/mol. The van der Waals surface area contributed by atoms with E-state index in [4.69, 9.17) is 17.0 Å². The zero-order valence-corrected chi connectivity index (χ0v) is 17.3. The second-order valence-corrected chi connectivity index (χ2v) is 7.66. The minimum absolute atomic E-state index is 0.0135. The number of halogens is 1. The van der Waals surface area contributed by atoms with Crippen LogP contribution in [0.1, 0.15) is 26.2 Å². The van der Waals surface area contributed by atoms with Crippen molar-refractivity contribution in [2.45, 2.75) is 38.3 Å². The van der Waals surface area contributed by atoms with E-state index in [0.29, 0.717) is 23.1 Å². The number of nitrogens with one attached hydrogen (secondary N) is 1. The van der Waals surface area contributed by atoms with Crippen molar-refractivity contribution in [1.82, 2.24) is 4.90 Å². The van der Waals surface area contributed by atoms with Gasteiger partial charge in [-0.2, -0.15) is 0 Å². The van der Waals surface area contributed by atoms with E-state index in [1.807, 2.05) is 11.8 Å². The molecule has 1 aliphatic carbocycles. The maximum Gasteiger partial charge on any atom is 0.256 e. The quantitative estimate of drug-likeness (QED) is 0.683. The predicted octanol–water partition coefficient (Wildman–Crippen LogP) is 3.72. The Morgan fingerprint density at radius 3 is 2.43 bits per heavy atom. The van der Waals surface area contributed by atoms with Gasteiger partial charge in [0.2, 0.25) is 5.91 Å². The summed E-state index contributed by atoms with van der Waals surface area (Å²) >= 11 is 5.56. The highest BCUT2D eigenvalue weighted by atomic mass is 32.1. The van der Waals surface area contributed by atoms with Crippen molar-refractivity contribution in [2.24, 2.45) is 0 Å². The topological polar surface area (TPSA) is 61.9 Å². The molecule has 2 fully saturated rings. The number of anilines is 2. The van der Waals surface area contributed by atoms with Gasteiger partial charge in [0.05, 0.1) is 18.7 Å². The number of nitrogens with zero attached hydrogens (tertiary/aromatic N) is 2. The number of amides is 2. The van der Waals surface area contributed by atoms with Crippen molar-refractivity contribution in [3.05, 3.63) is 54.3 Å². The third-order valence-corrected chi connectivity index (χ3v) is 5.50. The van der Waals surface area contributed by atoms with E-state index in [1.54, 1.807) is 24.3 Å². The molecule has 8 heteroatoms. The fraction of sp³-hybridized carbons (Fsp3) is 0.318. The Hall–Kier alpha value is -3.00. The summed E-state index contributed by atoms with van der Waals surface area (Å²) in [4.78, 5) is 29.1. The molecule has 0 spiro atoms. The van der Waals surface area contributed by atoms with Crippen LogP contribution in [0.15, 0.2) is 48.5 Å². The summed E-state index contributed by atoms with van der Waals surface area (Å²) in [6.07, 6.45) is 1.85. The third-order valence-electron chi connectivity index (χ3n) is 5.11. The van der Waals surface area contributed by atoms with Gasteiger partial charge in [0.15, 0.2) is 5.11 Å². The van der Waals surface area contributed by atoms with Crippen molar-refractivity contribution < 1.29 is 18.7 Å². The first-order chi connectivity index (χ1) is 14.5. The molecular formula is C22H22FN3O3S. The molecule has 2 amide bonds. The van der Waals surface area contributed by atoms with Crippen LogP contribution in [0.25, 0.3) is 0 Å². The van der Waals surface area contributed by atoms with Crippen molar-refractivity contribution in [1.29, 1.82) is 0 Å². The molecule has 1 N–H and O–H groups in total. The average Bonchev–Trinajstić information content (AvgIpc) is 3.52. The van der Waals surface area contributed by atoms with Gasteiger partial charge in [-0.1, -0.05) is 0 Å². The van der Waals surface area contributed by atoms with Crippen molar-refractivity contribution in [2.75, 3.05) is 16.8 Å². The highest BCUT2D eigenvalue weighted by molar-refractivity contribution is 7.80. The zero-order chi connectivity index (χ0) is 21.3. The smallest absolute Gasteiger partial charge is 0.256 e. The van der Waals surface area contributed by atoms with E-state index < -0.39 is 6.04 Å². The maximum absolute atomic E-state index is 13.3. The van der Waals surface area contributed by atoms with E-state index >= 15 is 0 Å². The lowest BCUT2D eigenvalue weighted by atomic mass is 10.1. The van der Waals surface area contributed by atoms with Gasteiger partial charge in [0, 0.05) is 11.7 Å². The number of carbonyl (C=O) groups is 2. The Bertz CT molecular complexity index is 961. The fourth-order valence-electron chi connectivity index (χ4n) is 3.58. The lowest BCUT2D eigenvalue weighted by Gasteiger charge is -2.23. The molecular weight excluding hydrogens is 405 g/mol. The number of thiocarbonyl (C=S) groups is 1. The molecule has 6 nitrogen and oxygen atoms in total. The van der Waals surface area contributed by atoms with E-state index in [1.165, 1.54) is 29.2 Å². The second kappa shape index (κ2) is 8.39. The summed E-state index contributed by atoms with van der Waals surface area (Å²) < 4.78 is 18.7. The number of carbonyl (C=O) groups excluding carboxylic acids is 2. The zero-order valence-electron chi connectivity index (χ0n) is 16.5. The Morgan fingerprint density at radius 1 is 1.17 bits per heavy atom. The first-order valence-electron chi connectivity index (χ1n) is 9.92. The molecule has 0 radical (unpaired) electrons. The van der Waals surface area contributed by atoms with Crippen LogP contribution in [0.5, 0.6) is 5.75 Å². The number of benzene rings is 2. The molecule has 1 aliphatic heterocycles. The number of hydrogen-bond donors (Lipinski definition) is 1. The summed E-state index contributed by atoms with van der Waals surface area (Å²) in [7, 11) is 0. The number of ether oxygens (including phenoxy) is 1. The second-order valence-electron chi connectivity index (χ2n) is 7.30. The summed E-state index contributed by atoms with van der Waals surface area (Å²) in [6, 6.07) is 12.2. The van der Waals surface area contributed by atoms with Crippen molar-refractivity contribution in [3.63, 3.8) is 0 Å². The monoisotopic (exact) mass is 427 g/mol. The summed E-state index contributed by atoms with van der Waals surface area (Å²) in [5, 5.41) is 3.20. The van der Waals surface area contributed by atoms with Gasteiger partial charge in [-0.3, -0.25) is 14.5 Å². The fourth-order valence-corrected chi connectivity index (χ4v) is 4.05. The van der Waals surface area contributed by atoms with Gasteiger partial charge in [-0.15, -0.1) is 0 Å². The minimum atomic E-state index is -0.669. The molecule has 1 unspecified atom stereocenters. The van der Waals surface area contributed by atoms with Crippen LogP contribution in [-0.4, -0.2) is 40.5 Å². The lowest BCUT2D eigenvalue weighted by molar-refractivity contribution is -0.124. The molecule has 1 saturated heterocycles. The Labute approximate surface area is 179 Å². The molecule has 2 aromatic rings. The Kier molecular flexibility index (Phi) is 5.67. The van der Waals surface area contributed by atoms with Gasteiger partial charge in [0.25, 0.3) is 5.91 Å². The largest absolute Gasteiger partial charge is 0.494 e. The van der Waals surface area contributed by atoms with Crippen LogP contribution in [0.4, 0.5) is 15.8 Å². The molecule has 4 rings (SSSR count). The lowest BCUT2D eigenvalue weighted by Crippen LogP contribution is -2.39. The van der Waals surface area contributed by atoms with Gasteiger partial charge in [-0.25, -0.2) is 4.39 Å². The molecule has 30 heavy (non-hydrogen) atoms. The first-order valence-corrected chi connectivity index (χ1v) is 10.3. The molecule has 2 aliphatic rings. The molecule has 1 heterocycles. The third kappa shape index (κ3) is 4.14. The predicted molar refractivity (Wildman–Crippen MR) is 116 cm³/mol. The van der Waals surface area contributed by atoms with Crippen molar-refractivity contribution in [3.8, 4) is 5.75 Å². The standard InChI is InChI=1S/C22H22FN3O3S/c1-2-29-18-11-5-15(6-12-18)24-20(27)13-19-21(28)26(17-7-3-14(23)4-8-17)22(30)25(19)16-9-10-16/h3-8,11-12,16,19H,2,9-10,13H2,1H3,(H,24,27). The molecule has 0 bridgehead atoms. The van der Waals surface area contributed by atoms with Crippen LogP contribution in [-0.2, 0) is 9.59 Å². The summed E-state index contributed by atoms with van der Waals surface area (Å²) in [5.74, 6) is -0.199. The Morgan fingerprint density at radius 2 is 1.83 bits per heavy atom. The normalized spacial score (nSPS) is 18.7. The summed E-state index contributed by atoms with van der Waals surface area (Å²) in [6.45, 7) is 2.47. The van der Waals surface area contributed by atoms with Crippen LogP contribution in [0.2, 0.25) is 0 Å². The molecule has 1 saturated carbocycles. The highest BCUT2D eigenvalue weighted by Gasteiger charge is 2.49. The maximum atomic E-state index is 13.3. The van der Waals surface area contributed by atoms with E-state index in [-0.39, 0.29) is 30.1 Å². The Balaban J connectivity index is 1.48. The molecule has 156 valence electrons. The minimum Gasteiger partial charge on any atom is -0.494 e. The number of rotatable bonds is 7.